The van der Waals surface area contributed by atoms with Crippen molar-refractivity contribution in [3.8, 4) is 0 Å². The van der Waals surface area contributed by atoms with Gasteiger partial charge in [0.1, 0.15) is 0 Å². The van der Waals surface area contributed by atoms with Gasteiger partial charge in [-0.3, -0.25) is 0 Å². The van der Waals surface area contributed by atoms with Crippen molar-refractivity contribution < 1.29 is 14.3 Å². The summed E-state index contributed by atoms with van der Waals surface area (Å²) in [6.07, 6.45) is 2.58. The first-order valence-corrected chi connectivity index (χ1v) is 11.7. The van der Waals surface area contributed by atoms with Crippen LogP contribution in [0.2, 0.25) is 18.1 Å². The molecule has 132 valence electrons. The Hall–Kier alpha value is 0.0969. The highest BCUT2D eigenvalue weighted by atomic mass is 28.4. The number of aliphatic hydroxyl groups excluding tert-OH is 1. The van der Waals surface area contributed by atoms with E-state index in [4.69, 9.17) is 9.16 Å². The monoisotopic (exact) mass is 330 g/mol. The fraction of sp³-hybridized carbons (Fsp3) is 1.00. The maximum atomic E-state index is 10.1. The lowest BCUT2D eigenvalue weighted by atomic mass is 9.74. The van der Waals surface area contributed by atoms with Crippen molar-refractivity contribution in [2.45, 2.75) is 110 Å². The zero-order valence-corrected chi connectivity index (χ0v) is 17.2. The molecule has 1 saturated heterocycles. The largest absolute Gasteiger partial charge is 0.413 e. The minimum absolute atomic E-state index is 0.0565. The van der Waals surface area contributed by atoms with Crippen LogP contribution in [0.25, 0.3) is 0 Å². The molecule has 1 N–H and O–H groups in total. The molecule has 4 heteroatoms. The molecule has 2 unspecified atom stereocenters. The van der Waals surface area contributed by atoms with Gasteiger partial charge in [0, 0.05) is 11.8 Å². The predicted octanol–water partition coefficient (Wildman–Crippen LogP) is 4.74. The molecule has 0 aromatic rings. The minimum Gasteiger partial charge on any atom is -0.413 e. The highest BCUT2D eigenvalue weighted by molar-refractivity contribution is 6.74. The van der Waals surface area contributed by atoms with Crippen LogP contribution in [-0.4, -0.2) is 37.8 Å². The van der Waals surface area contributed by atoms with Crippen LogP contribution in [0.1, 0.15) is 67.7 Å². The second kappa shape index (κ2) is 6.92. The molecule has 0 aliphatic carbocycles. The van der Waals surface area contributed by atoms with Crippen LogP contribution in [0.3, 0.4) is 0 Å². The average molecular weight is 331 g/mol. The third kappa shape index (κ3) is 4.56. The quantitative estimate of drug-likeness (QED) is 0.740. The van der Waals surface area contributed by atoms with Gasteiger partial charge in [-0.1, -0.05) is 41.5 Å². The van der Waals surface area contributed by atoms with Gasteiger partial charge in [0.15, 0.2) is 8.32 Å². The van der Waals surface area contributed by atoms with Crippen molar-refractivity contribution in [2.75, 3.05) is 0 Å². The zero-order chi connectivity index (χ0) is 17.3. The molecular formula is C18H38O3Si. The molecule has 0 spiro atoms. The Labute approximate surface area is 138 Å². The van der Waals surface area contributed by atoms with E-state index in [1.807, 2.05) is 6.92 Å². The van der Waals surface area contributed by atoms with Gasteiger partial charge in [-0.15, -0.1) is 0 Å². The van der Waals surface area contributed by atoms with Crippen molar-refractivity contribution in [1.29, 1.82) is 0 Å². The second-order valence-corrected chi connectivity index (χ2v) is 13.9. The molecule has 1 aliphatic heterocycles. The van der Waals surface area contributed by atoms with Gasteiger partial charge in [-0.2, -0.15) is 0 Å². The Bertz CT molecular complexity index is 360. The summed E-state index contributed by atoms with van der Waals surface area (Å²) < 4.78 is 12.9. The van der Waals surface area contributed by atoms with Gasteiger partial charge in [0.05, 0.1) is 24.4 Å². The molecule has 1 aliphatic rings. The first-order chi connectivity index (χ1) is 9.81. The summed E-state index contributed by atoms with van der Waals surface area (Å²) >= 11 is 0. The van der Waals surface area contributed by atoms with Gasteiger partial charge in [0.2, 0.25) is 0 Å². The van der Waals surface area contributed by atoms with Crippen LogP contribution in [0, 0.1) is 5.41 Å². The molecule has 0 aromatic carbocycles. The SMILES string of the molecule is CCC(O)C[C@H]1OC(C)C[C@@H](O[Si](C)(C)C(C)(C)C)C1(C)C. The van der Waals surface area contributed by atoms with E-state index < -0.39 is 8.32 Å². The van der Waals surface area contributed by atoms with E-state index in [0.717, 1.165) is 12.8 Å². The second-order valence-electron chi connectivity index (χ2n) is 9.16. The lowest BCUT2D eigenvalue weighted by Gasteiger charge is -2.51. The van der Waals surface area contributed by atoms with E-state index in [9.17, 15) is 5.11 Å². The molecular weight excluding hydrogens is 292 g/mol. The van der Waals surface area contributed by atoms with Crippen LogP contribution < -0.4 is 0 Å². The van der Waals surface area contributed by atoms with Gasteiger partial charge < -0.3 is 14.3 Å². The Morgan fingerprint density at radius 3 is 2.32 bits per heavy atom. The smallest absolute Gasteiger partial charge is 0.192 e. The van der Waals surface area contributed by atoms with Gasteiger partial charge in [0.25, 0.3) is 0 Å². The van der Waals surface area contributed by atoms with Crippen LogP contribution in [0.4, 0.5) is 0 Å². The number of ether oxygens (including phenoxy) is 1. The zero-order valence-electron chi connectivity index (χ0n) is 16.2. The molecule has 1 fully saturated rings. The van der Waals surface area contributed by atoms with Crippen molar-refractivity contribution >= 4 is 8.32 Å². The van der Waals surface area contributed by atoms with Gasteiger partial charge in [-0.05, 0) is 37.9 Å². The van der Waals surface area contributed by atoms with E-state index in [1.54, 1.807) is 0 Å². The first-order valence-electron chi connectivity index (χ1n) is 8.82. The van der Waals surface area contributed by atoms with Gasteiger partial charge in [-0.25, -0.2) is 0 Å². The number of hydrogen-bond acceptors (Lipinski definition) is 3. The summed E-state index contributed by atoms with van der Waals surface area (Å²) in [6, 6.07) is 0. The maximum absolute atomic E-state index is 10.1. The summed E-state index contributed by atoms with van der Waals surface area (Å²) in [4.78, 5) is 0. The first kappa shape index (κ1) is 20.1. The third-order valence-corrected chi connectivity index (χ3v) is 10.3. The normalized spacial score (nSPS) is 31.1. The van der Waals surface area contributed by atoms with Crippen molar-refractivity contribution in [2.24, 2.45) is 5.41 Å². The highest BCUT2D eigenvalue weighted by Gasteiger charge is 2.49. The third-order valence-electron chi connectivity index (χ3n) is 5.80. The fourth-order valence-electron chi connectivity index (χ4n) is 2.83. The van der Waals surface area contributed by atoms with Crippen LogP contribution >= 0.6 is 0 Å². The van der Waals surface area contributed by atoms with Crippen LogP contribution in [0.15, 0.2) is 0 Å². The molecule has 0 saturated carbocycles. The summed E-state index contributed by atoms with van der Waals surface area (Å²) in [5.41, 5.74) is -0.0713. The number of rotatable bonds is 5. The van der Waals surface area contributed by atoms with E-state index >= 15 is 0 Å². The molecule has 3 nitrogen and oxygen atoms in total. The summed E-state index contributed by atoms with van der Waals surface area (Å²) in [7, 11) is -1.81. The highest BCUT2D eigenvalue weighted by Crippen LogP contribution is 2.45. The Kier molecular flexibility index (Phi) is 6.33. The fourth-order valence-corrected chi connectivity index (χ4v) is 4.29. The van der Waals surface area contributed by atoms with Crippen LogP contribution in [-0.2, 0) is 9.16 Å². The van der Waals surface area contributed by atoms with E-state index in [0.29, 0.717) is 6.42 Å². The Morgan fingerprint density at radius 1 is 1.32 bits per heavy atom. The average Bonchev–Trinajstić information content (AvgIpc) is 2.33. The lowest BCUT2D eigenvalue weighted by Crippen LogP contribution is -2.56. The maximum Gasteiger partial charge on any atom is 0.192 e. The van der Waals surface area contributed by atoms with Crippen molar-refractivity contribution in [3.05, 3.63) is 0 Å². The molecule has 0 radical (unpaired) electrons. The summed E-state index contributed by atoms with van der Waals surface area (Å²) in [6.45, 7) is 20.1. The van der Waals surface area contributed by atoms with E-state index in [2.05, 4.69) is 54.6 Å². The molecule has 0 aromatic heterocycles. The Morgan fingerprint density at radius 2 is 1.86 bits per heavy atom. The van der Waals surface area contributed by atoms with Gasteiger partial charge >= 0.3 is 0 Å². The van der Waals surface area contributed by atoms with Crippen molar-refractivity contribution in [1.82, 2.24) is 0 Å². The summed E-state index contributed by atoms with van der Waals surface area (Å²) in [5, 5.41) is 10.3. The topological polar surface area (TPSA) is 38.7 Å². The van der Waals surface area contributed by atoms with E-state index in [-0.39, 0.29) is 34.9 Å². The molecule has 0 amide bonds. The molecule has 1 rings (SSSR count). The predicted molar refractivity (Wildman–Crippen MR) is 95.7 cm³/mol. The lowest BCUT2D eigenvalue weighted by molar-refractivity contribution is -0.173. The summed E-state index contributed by atoms with van der Waals surface area (Å²) in [5.74, 6) is 0. The molecule has 4 atom stereocenters. The molecule has 0 bridgehead atoms. The standard InChI is InChI=1S/C18H38O3Si/c1-10-14(19)12-15-18(6,7)16(11-13(2)20-15)21-22(8,9)17(3,4)5/h13-16,19H,10-12H2,1-9H3/t13?,14?,15-,16-/m1/s1. The Balaban J connectivity index is 2.94. The number of hydrogen-bond donors (Lipinski definition) is 1. The van der Waals surface area contributed by atoms with E-state index in [1.165, 1.54) is 0 Å². The van der Waals surface area contributed by atoms with Crippen molar-refractivity contribution in [3.63, 3.8) is 0 Å². The van der Waals surface area contributed by atoms with Crippen LogP contribution in [0.5, 0.6) is 0 Å². The minimum atomic E-state index is -1.81. The molecule has 22 heavy (non-hydrogen) atoms. The number of aliphatic hydroxyl groups is 1. The molecule has 1 heterocycles.